The van der Waals surface area contributed by atoms with Crippen LogP contribution < -0.4 is 9.47 Å². The van der Waals surface area contributed by atoms with Gasteiger partial charge in [0.25, 0.3) is 0 Å². The molecule has 3 nitrogen and oxygen atoms in total. The molecule has 2 atom stereocenters. The number of hydrogen-bond acceptors (Lipinski definition) is 3. The van der Waals surface area contributed by atoms with Crippen LogP contribution in [0.2, 0.25) is 10.0 Å². The molecule has 3 rings (SSSR count). The van der Waals surface area contributed by atoms with Gasteiger partial charge in [-0.1, -0.05) is 29.3 Å². The van der Waals surface area contributed by atoms with Crippen LogP contribution in [0.1, 0.15) is 29.8 Å². The number of fused-ring (bicyclic) bond motifs is 1. The summed E-state index contributed by atoms with van der Waals surface area (Å²) < 4.78 is 11.2. The molecular formula is C16H14Cl2O3. The van der Waals surface area contributed by atoms with Crippen molar-refractivity contribution in [2.45, 2.75) is 18.6 Å². The van der Waals surface area contributed by atoms with E-state index in [-0.39, 0.29) is 6.10 Å². The lowest BCUT2D eigenvalue weighted by atomic mass is 9.95. The van der Waals surface area contributed by atoms with E-state index in [0.717, 1.165) is 5.56 Å². The number of hydrogen-bond donors (Lipinski definition) is 1. The Hall–Kier alpha value is -1.42. The minimum atomic E-state index is -0.628. The van der Waals surface area contributed by atoms with Crippen LogP contribution in [0.25, 0.3) is 0 Å². The molecule has 1 heterocycles. The zero-order valence-electron chi connectivity index (χ0n) is 11.3. The number of aliphatic hydroxyl groups excluding tert-OH is 1. The van der Waals surface area contributed by atoms with Gasteiger partial charge in [0.1, 0.15) is 17.6 Å². The fraction of sp³-hybridized carbons (Fsp3) is 0.250. The predicted molar refractivity (Wildman–Crippen MR) is 82.4 cm³/mol. The smallest absolute Gasteiger partial charge is 0.129 e. The Morgan fingerprint density at radius 3 is 2.57 bits per heavy atom. The van der Waals surface area contributed by atoms with E-state index in [4.69, 9.17) is 32.7 Å². The van der Waals surface area contributed by atoms with Gasteiger partial charge in [-0.05, 0) is 24.3 Å². The quantitative estimate of drug-likeness (QED) is 0.880. The van der Waals surface area contributed by atoms with E-state index in [9.17, 15) is 5.11 Å². The molecule has 5 heteroatoms. The second kappa shape index (κ2) is 5.76. The van der Waals surface area contributed by atoms with Gasteiger partial charge >= 0.3 is 0 Å². The monoisotopic (exact) mass is 324 g/mol. The first-order chi connectivity index (χ1) is 10.1. The van der Waals surface area contributed by atoms with Crippen LogP contribution in [-0.2, 0) is 0 Å². The molecule has 110 valence electrons. The molecule has 21 heavy (non-hydrogen) atoms. The zero-order chi connectivity index (χ0) is 15.0. The average molecular weight is 325 g/mol. The van der Waals surface area contributed by atoms with Gasteiger partial charge in [-0.25, -0.2) is 0 Å². The van der Waals surface area contributed by atoms with Gasteiger partial charge in [-0.15, -0.1) is 0 Å². The van der Waals surface area contributed by atoms with Gasteiger partial charge in [-0.2, -0.15) is 0 Å². The highest BCUT2D eigenvalue weighted by Gasteiger charge is 2.30. The molecule has 2 aromatic rings. The molecule has 0 spiro atoms. The van der Waals surface area contributed by atoms with Crippen molar-refractivity contribution in [2.75, 3.05) is 7.11 Å². The van der Waals surface area contributed by atoms with Crippen LogP contribution in [-0.4, -0.2) is 12.2 Å². The largest absolute Gasteiger partial charge is 0.497 e. The first-order valence-electron chi connectivity index (χ1n) is 6.56. The van der Waals surface area contributed by atoms with Gasteiger partial charge in [0.05, 0.1) is 13.2 Å². The van der Waals surface area contributed by atoms with Gasteiger partial charge in [0.15, 0.2) is 0 Å². The van der Waals surface area contributed by atoms with Crippen molar-refractivity contribution >= 4 is 23.2 Å². The van der Waals surface area contributed by atoms with Crippen molar-refractivity contribution in [3.63, 3.8) is 0 Å². The Morgan fingerprint density at radius 2 is 1.90 bits per heavy atom. The Balaban J connectivity index is 2.01. The third-order valence-corrected chi connectivity index (χ3v) is 4.27. The summed E-state index contributed by atoms with van der Waals surface area (Å²) in [6.45, 7) is 0. The first-order valence-corrected chi connectivity index (χ1v) is 7.32. The predicted octanol–water partition coefficient (Wildman–Crippen LogP) is 4.56. The summed E-state index contributed by atoms with van der Waals surface area (Å²) in [5, 5.41) is 11.4. The van der Waals surface area contributed by atoms with Crippen LogP contribution in [0.4, 0.5) is 0 Å². The Labute approximate surface area is 133 Å². The zero-order valence-corrected chi connectivity index (χ0v) is 12.9. The highest BCUT2D eigenvalue weighted by molar-refractivity contribution is 6.36. The Bertz CT molecular complexity index is 652. The van der Waals surface area contributed by atoms with E-state index >= 15 is 0 Å². The van der Waals surface area contributed by atoms with Crippen LogP contribution in [0.15, 0.2) is 36.4 Å². The van der Waals surface area contributed by atoms with E-state index in [1.165, 1.54) is 0 Å². The fourth-order valence-electron chi connectivity index (χ4n) is 2.55. The molecule has 0 amide bonds. The SMILES string of the molecule is COc1ccc2c(c1)OC(c1c(Cl)cccc1Cl)CC2O. The first kappa shape index (κ1) is 14.5. The molecule has 1 aliphatic heterocycles. The summed E-state index contributed by atoms with van der Waals surface area (Å²) in [5.41, 5.74) is 1.45. The average Bonchev–Trinajstić information content (AvgIpc) is 2.46. The Kier molecular flexibility index (Phi) is 3.98. The van der Waals surface area contributed by atoms with Crippen LogP contribution in [0, 0.1) is 0 Å². The summed E-state index contributed by atoms with van der Waals surface area (Å²) in [6, 6.07) is 10.7. The van der Waals surface area contributed by atoms with Crippen molar-refractivity contribution in [3.8, 4) is 11.5 Å². The third-order valence-electron chi connectivity index (χ3n) is 3.61. The lowest BCUT2D eigenvalue weighted by Gasteiger charge is -2.31. The number of methoxy groups -OCH3 is 1. The van der Waals surface area contributed by atoms with Gasteiger partial charge in [0.2, 0.25) is 0 Å². The molecule has 0 aliphatic carbocycles. The van der Waals surface area contributed by atoms with Crippen molar-refractivity contribution < 1.29 is 14.6 Å². The van der Waals surface area contributed by atoms with Crippen molar-refractivity contribution in [1.29, 1.82) is 0 Å². The number of aliphatic hydroxyl groups is 1. The van der Waals surface area contributed by atoms with E-state index in [0.29, 0.717) is 33.5 Å². The molecular weight excluding hydrogens is 311 g/mol. The topological polar surface area (TPSA) is 38.7 Å². The summed E-state index contributed by atoms with van der Waals surface area (Å²) in [6.07, 6.45) is -0.610. The summed E-state index contributed by atoms with van der Waals surface area (Å²) >= 11 is 12.5. The minimum absolute atomic E-state index is 0.388. The minimum Gasteiger partial charge on any atom is -0.497 e. The maximum atomic E-state index is 10.3. The van der Waals surface area contributed by atoms with Gasteiger partial charge < -0.3 is 14.6 Å². The fourth-order valence-corrected chi connectivity index (χ4v) is 3.19. The standard InChI is InChI=1S/C16H14Cl2O3/c1-20-9-5-6-10-13(19)8-15(21-14(10)7-9)16-11(17)3-2-4-12(16)18/h2-7,13,15,19H,8H2,1H3. The molecule has 0 radical (unpaired) electrons. The van der Waals surface area contributed by atoms with Gasteiger partial charge in [0, 0.05) is 33.7 Å². The molecule has 2 unspecified atom stereocenters. The summed E-state index contributed by atoms with van der Waals surface area (Å²) in [4.78, 5) is 0. The Morgan fingerprint density at radius 1 is 1.19 bits per heavy atom. The lowest BCUT2D eigenvalue weighted by molar-refractivity contribution is 0.0656. The number of halogens is 2. The van der Waals surface area contributed by atoms with E-state index < -0.39 is 6.10 Å². The number of rotatable bonds is 2. The highest BCUT2D eigenvalue weighted by Crippen LogP contribution is 2.45. The maximum Gasteiger partial charge on any atom is 0.129 e. The molecule has 0 fully saturated rings. The molecule has 0 aromatic heterocycles. The molecule has 1 aliphatic rings. The highest BCUT2D eigenvalue weighted by atomic mass is 35.5. The van der Waals surface area contributed by atoms with Gasteiger partial charge in [-0.3, -0.25) is 0 Å². The van der Waals surface area contributed by atoms with E-state index in [2.05, 4.69) is 0 Å². The normalized spacial score (nSPS) is 20.6. The maximum absolute atomic E-state index is 10.3. The second-order valence-corrected chi connectivity index (χ2v) is 5.71. The second-order valence-electron chi connectivity index (χ2n) is 4.90. The summed E-state index contributed by atoms with van der Waals surface area (Å²) in [5.74, 6) is 1.26. The lowest BCUT2D eigenvalue weighted by Crippen LogP contribution is -2.19. The van der Waals surface area contributed by atoms with Crippen molar-refractivity contribution in [1.82, 2.24) is 0 Å². The van der Waals surface area contributed by atoms with Crippen LogP contribution in [0.3, 0.4) is 0 Å². The third kappa shape index (κ3) is 2.69. The molecule has 2 aromatic carbocycles. The van der Waals surface area contributed by atoms with Crippen molar-refractivity contribution in [3.05, 3.63) is 57.6 Å². The number of ether oxygens (including phenoxy) is 2. The molecule has 0 bridgehead atoms. The van der Waals surface area contributed by atoms with E-state index in [1.807, 2.05) is 6.07 Å². The molecule has 1 N–H and O–H groups in total. The molecule has 0 saturated heterocycles. The van der Waals surface area contributed by atoms with Crippen molar-refractivity contribution in [2.24, 2.45) is 0 Å². The number of benzene rings is 2. The van der Waals surface area contributed by atoms with Crippen LogP contribution >= 0.6 is 23.2 Å². The summed E-state index contributed by atoms with van der Waals surface area (Å²) in [7, 11) is 1.59. The molecule has 0 saturated carbocycles. The van der Waals surface area contributed by atoms with E-state index in [1.54, 1.807) is 37.4 Å². The van der Waals surface area contributed by atoms with Crippen LogP contribution in [0.5, 0.6) is 11.5 Å².